The van der Waals surface area contributed by atoms with Crippen molar-refractivity contribution in [2.75, 3.05) is 18.5 Å². The highest BCUT2D eigenvalue weighted by molar-refractivity contribution is 9.09. The van der Waals surface area contributed by atoms with E-state index >= 15 is 0 Å². The molecule has 1 aromatic carbocycles. The van der Waals surface area contributed by atoms with Gasteiger partial charge in [0.2, 0.25) is 0 Å². The molecule has 0 saturated heterocycles. The fraction of sp³-hybridized carbons (Fsp3) is 0.571. The summed E-state index contributed by atoms with van der Waals surface area (Å²) in [5, 5.41) is 1.03. The average molecular weight is 285 g/mol. The van der Waals surface area contributed by atoms with E-state index in [1.165, 1.54) is 17.5 Å². The highest BCUT2D eigenvalue weighted by atomic mass is 79.9. The van der Waals surface area contributed by atoms with Crippen LogP contribution in [0.15, 0.2) is 24.3 Å². The molecule has 1 unspecified atom stereocenters. The average Bonchev–Trinajstić information content (AvgIpc) is 2.31. The monoisotopic (exact) mass is 284 g/mol. The van der Waals surface area contributed by atoms with Crippen molar-refractivity contribution in [1.82, 2.24) is 0 Å². The maximum atomic E-state index is 5.38. The van der Waals surface area contributed by atoms with Gasteiger partial charge in [0, 0.05) is 18.5 Å². The molecule has 0 heterocycles. The van der Waals surface area contributed by atoms with E-state index in [4.69, 9.17) is 4.74 Å². The first-order valence-electron chi connectivity index (χ1n) is 5.98. The summed E-state index contributed by atoms with van der Waals surface area (Å²) in [4.78, 5) is 0. The zero-order chi connectivity index (χ0) is 11.8. The van der Waals surface area contributed by atoms with Crippen molar-refractivity contribution in [2.45, 2.75) is 32.6 Å². The van der Waals surface area contributed by atoms with Crippen molar-refractivity contribution in [3.05, 3.63) is 35.4 Å². The maximum absolute atomic E-state index is 5.38. The minimum absolute atomic E-state index is 0.613. The third-order valence-electron chi connectivity index (χ3n) is 2.86. The summed E-state index contributed by atoms with van der Waals surface area (Å²) in [6.45, 7) is 5.94. The number of hydrogen-bond donors (Lipinski definition) is 0. The summed E-state index contributed by atoms with van der Waals surface area (Å²) in [5.41, 5.74) is 2.86. The van der Waals surface area contributed by atoms with Gasteiger partial charge in [-0.25, -0.2) is 0 Å². The molecular formula is C14H21BrO. The van der Waals surface area contributed by atoms with Crippen LogP contribution in [-0.4, -0.2) is 18.5 Å². The lowest BCUT2D eigenvalue weighted by molar-refractivity contribution is 0.142. The zero-order valence-corrected chi connectivity index (χ0v) is 11.8. The van der Waals surface area contributed by atoms with Crippen LogP contribution in [-0.2, 0) is 4.74 Å². The van der Waals surface area contributed by atoms with Crippen molar-refractivity contribution in [2.24, 2.45) is 0 Å². The van der Waals surface area contributed by atoms with E-state index in [0.717, 1.165) is 25.0 Å². The van der Waals surface area contributed by atoms with Crippen LogP contribution in [0.4, 0.5) is 0 Å². The molecule has 1 aromatic rings. The minimum atomic E-state index is 0.613. The second-order valence-electron chi connectivity index (χ2n) is 4.05. The number of halogens is 1. The van der Waals surface area contributed by atoms with Gasteiger partial charge in [-0.15, -0.1) is 0 Å². The Balaban J connectivity index is 2.51. The molecule has 0 aromatic heterocycles. The molecule has 0 N–H and O–H groups in total. The molecule has 1 rings (SSSR count). The van der Waals surface area contributed by atoms with E-state index in [-0.39, 0.29) is 0 Å². The van der Waals surface area contributed by atoms with E-state index in [0.29, 0.717) is 5.92 Å². The first kappa shape index (κ1) is 13.7. The fourth-order valence-electron chi connectivity index (χ4n) is 1.94. The molecule has 2 heteroatoms. The topological polar surface area (TPSA) is 9.23 Å². The van der Waals surface area contributed by atoms with E-state index in [1.807, 2.05) is 6.92 Å². The number of ether oxygens (including phenoxy) is 1. The molecule has 0 fully saturated rings. The lowest BCUT2D eigenvalue weighted by Gasteiger charge is -2.16. The van der Waals surface area contributed by atoms with Gasteiger partial charge in [0.1, 0.15) is 0 Å². The number of hydrogen-bond acceptors (Lipinski definition) is 1. The fourth-order valence-corrected chi connectivity index (χ4v) is 2.61. The van der Waals surface area contributed by atoms with Crippen LogP contribution in [0, 0.1) is 6.92 Å². The molecule has 16 heavy (non-hydrogen) atoms. The number of rotatable bonds is 7. The zero-order valence-electron chi connectivity index (χ0n) is 10.2. The molecule has 1 nitrogen and oxygen atoms in total. The van der Waals surface area contributed by atoms with E-state index < -0.39 is 0 Å². The number of aryl methyl sites for hydroxylation is 1. The van der Waals surface area contributed by atoms with Crippen LogP contribution < -0.4 is 0 Å². The highest BCUT2D eigenvalue weighted by Crippen LogP contribution is 2.26. The van der Waals surface area contributed by atoms with Gasteiger partial charge in [-0.2, -0.15) is 0 Å². The quantitative estimate of drug-likeness (QED) is 0.536. The largest absolute Gasteiger partial charge is 0.382 e. The predicted molar refractivity (Wildman–Crippen MR) is 73.4 cm³/mol. The Morgan fingerprint density at radius 3 is 2.69 bits per heavy atom. The van der Waals surface area contributed by atoms with Crippen molar-refractivity contribution in [3.8, 4) is 0 Å². The Bertz CT molecular complexity index is 299. The summed E-state index contributed by atoms with van der Waals surface area (Å²) in [7, 11) is 0. The number of alkyl halides is 1. The molecule has 0 amide bonds. The number of benzene rings is 1. The SMILES string of the molecule is CCOCCCC(CBr)c1ccccc1C. The lowest BCUT2D eigenvalue weighted by Crippen LogP contribution is -2.04. The van der Waals surface area contributed by atoms with Gasteiger partial charge in [0.15, 0.2) is 0 Å². The standard InChI is InChI=1S/C14H21BrO/c1-3-16-10-6-8-13(11-15)14-9-5-4-7-12(14)2/h4-5,7,9,13H,3,6,8,10-11H2,1-2H3. The molecule has 0 radical (unpaired) electrons. The molecule has 0 aliphatic heterocycles. The van der Waals surface area contributed by atoms with Gasteiger partial charge in [-0.3, -0.25) is 0 Å². The Morgan fingerprint density at radius 1 is 1.31 bits per heavy atom. The van der Waals surface area contributed by atoms with Gasteiger partial charge in [0.25, 0.3) is 0 Å². The highest BCUT2D eigenvalue weighted by Gasteiger charge is 2.11. The summed E-state index contributed by atoms with van der Waals surface area (Å²) < 4.78 is 5.38. The Labute approximate surface area is 107 Å². The van der Waals surface area contributed by atoms with E-state index in [1.54, 1.807) is 0 Å². The molecule has 0 aliphatic rings. The molecule has 0 spiro atoms. The third kappa shape index (κ3) is 4.26. The second-order valence-corrected chi connectivity index (χ2v) is 4.69. The normalized spacial score (nSPS) is 12.7. The van der Waals surface area contributed by atoms with E-state index in [2.05, 4.69) is 47.1 Å². The summed E-state index contributed by atoms with van der Waals surface area (Å²) >= 11 is 3.62. The van der Waals surface area contributed by atoms with Gasteiger partial charge in [-0.05, 0) is 43.7 Å². The van der Waals surface area contributed by atoms with Crippen molar-refractivity contribution in [1.29, 1.82) is 0 Å². The molecule has 0 aliphatic carbocycles. The van der Waals surface area contributed by atoms with Crippen molar-refractivity contribution < 1.29 is 4.74 Å². The third-order valence-corrected chi connectivity index (χ3v) is 3.64. The van der Waals surface area contributed by atoms with Gasteiger partial charge < -0.3 is 4.74 Å². The first-order valence-corrected chi connectivity index (χ1v) is 7.11. The molecule has 0 saturated carbocycles. The lowest BCUT2D eigenvalue weighted by atomic mass is 9.93. The first-order chi connectivity index (χ1) is 7.79. The van der Waals surface area contributed by atoms with Gasteiger partial charge in [0.05, 0.1) is 0 Å². The van der Waals surface area contributed by atoms with Crippen LogP contribution in [0.2, 0.25) is 0 Å². The second kappa shape index (κ2) is 7.86. The van der Waals surface area contributed by atoms with Crippen LogP contribution >= 0.6 is 15.9 Å². The molecule has 90 valence electrons. The van der Waals surface area contributed by atoms with E-state index in [9.17, 15) is 0 Å². The smallest absolute Gasteiger partial charge is 0.0466 e. The minimum Gasteiger partial charge on any atom is -0.382 e. The van der Waals surface area contributed by atoms with Crippen molar-refractivity contribution in [3.63, 3.8) is 0 Å². The maximum Gasteiger partial charge on any atom is 0.0466 e. The molecule has 0 bridgehead atoms. The van der Waals surface area contributed by atoms with Crippen LogP contribution in [0.25, 0.3) is 0 Å². The van der Waals surface area contributed by atoms with Crippen LogP contribution in [0.1, 0.15) is 36.8 Å². The van der Waals surface area contributed by atoms with Gasteiger partial charge >= 0.3 is 0 Å². The summed E-state index contributed by atoms with van der Waals surface area (Å²) in [6.07, 6.45) is 2.33. The predicted octanol–water partition coefficient (Wildman–Crippen LogP) is 4.29. The Hall–Kier alpha value is -0.340. The Morgan fingerprint density at radius 2 is 2.06 bits per heavy atom. The van der Waals surface area contributed by atoms with Crippen LogP contribution in [0.3, 0.4) is 0 Å². The summed E-state index contributed by atoms with van der Waals surface area (Å²) in [5.74, 6) is 0.613. The summed E-state index contributed by atoms with van der Waals surface area (Å²) in [6, 6.07) is 8.65. The molecule has 1 atom stereocenters. The Kier molecular flexibility index (Phi) is 6.74. The molecular weight excluding hydrogens is 264 g/mol. The van der Waals surface area contributed by atoms with Gasteiger partial charge in [-0.1, -0.05) is 40.2 Å². The van der Waals surface area contributed by atoms with Crippen LogP contribution in [0.5, 0.6) is 0 Å². The van der Waals surface area contributed by atoms with Crippen molar-refractivity contribution >= 4 is 15.9 Å².